The summed E-state index contributed by atoms with van der Waals surface area (Å²) in [5, 5.41) is 21.1. The minimum atomic E-state index is -1.11. The van der Waals surface area contributed by atoms with Crippen LogP contribution in [0.4, 0.5) is 4.79 Å². The molecular weight excluding hydrogens is 248 g/mol. The van der Waals surface area contributed by atoms with E-state index in [-0.39, 0.29) is 6.04 Å². The van der Waals surface area contributed by atoms with Gasteiger partial charge in [-0.05, 0) is 19.8 Å². The number of carbonyl (C=O) groups excluding carboxylic acids is 1. The van der Waals surface area contributed by atoms with Gasteiger partial charge in [-0.1, -0.05) is 12.8 Å². The lowest BCUT2D eigenvalue weighted by Gasteiger charge is -2.26. The number of hydrogen-bond donors (Lipinski definition) is 4. The number of rotatable bonds is 4. The first-order valence-corrected chi connectivity index (χ1v) is 6.34. The highest BCUT2D eigenvalue weighted by Gasteiger charge is 2.42. The first-order chi connectivity index (χ1) is 9.03. The number of aromatic nitrogens is 2. The maximum atomic E-state index is 11.9. The van der Waals surface area contributed by atoms with Crippen LogP contribution in [0.1, 0.15) is 44.2 Å². The SMILES string of the molecule is CC(NC(=O)NC1(C(=O)O)CCCC1)c1cn[nH]c1. The first-order valence-electron chi connectivity index (χ1n) is 6.34. The Morgan fingerprint density at radius 3 is 2.68 bits per heavy atom. The molecule has 104 valence electrons. The Labute approximate surface area is 110 Å². The molecule has 0 aromatic carbocycles. The minimum Gasteiger partial charge on any atom is -0.480 e. The molecule has 7 heteroatoms. The topological polar surface area (TPSA) is 107 Å². The van der Waals surface area contributed by atoms with Gasteiger partial charge in [0.05, 0.1) is 12.2 Å². The molecule has 0 aliphatic heterocycles. The van der Waals surface area contributed by atoms with Crippen molar-refractivity contribution in [2.24, 2.45) is 0 Å². The van der Waals surface area contributed by atoms with Gasteiger partial charge in [0.1, 0.15) is 5.54 Å². The molecule has 1 atom stereocenters. The number of carboxylic acid groups (broad SMARTS) is 1. The van der Waals surface area contributed by atoms with Crippen molar-refractivity contribution in [3.63, 3.8) is 0 Å². The molecule has 0 radical (unpaired) electrons. The zero-order chi connectivity index (χ0) is 13.9. The number of amides is 2. The van der Waals surface area contributed by atoms with E-state index in [0.29, 0.717) is 12.8 Å². The van der Waals surface area contributed by atoms with Crippen LogP contribution in [0.3, 0.4) is 0 Å². The standard InChI is InChI=1S/C12H18N4O3/c1-8(9-6-13-14-7-9)15-11(19)16-12(10(17)18)4-2-3-5-12/h6-8H,2-5H2,1H3,(H,13,14)(H,17,18)(H2,15,16,19). The van der Waals surface area contributed by atoms with Crippen molar-refractivity contribution in [3.05, 3.63) is 18.0 Å². The lowest BCUT2D eigenvalue weighted by molar-refractivity contribution is -0.144. The summed E-state index contributed by atoms with van der Waals surface area (Å²) in [6, 6.07) is -0.691. The normalized spacial score (nSPS) is 18.8. The lowest BCUT2D eigenvalue weighted by atomic mass is 9.98. The van der Waals surface area contributed by atoms with Crippen molar-refractivity contribution < 1.29 is 14.7 Å². The Balaban J connectivity index is 1.95. The predicted molar refractivity (Wildman–Crippen MR) is 67.5 cm³/mol. The molecule has 19 heavy (non-hydrogen) atoms. The van der Waals surface area contributed by atoms with Crippen LogP contribution in [-0.4, -0.2) is 32.8 Å². The Hall–Kier alpha value is -2.05. The third-order valence-corrected chi connectivity index (χ3v) is 3.59. The maximum absolute atomic E-state index is 11.9. The lowest BCUT2D eigenvalue weighted by Crippen LogP contribution is -2.55. The molecular formula is C12H18N4O3. The highest BCUT2D eigenvalue weighted by atomic mass is 16.4. The first kappa shape index (κ1) is 13.4. The van der Waals surface area contributed by atoms with Gasteiger partial charge in [-0.15, -0.1) is 0 Å². The largest absolute Gasteiger partial charge is 0.480 e. The van der Waals surface area contributed by atoms with Gasteiger partial charge in [0.15, 0.2) is 0 Å². The third kappa shape index (κ3) is 2.86. The molecule has 4 N–H and O–H groups in total. The van der Waals surface area contributed by atoms with Crippen molar-refractivity contribution in [2.75, 3.05) is 0 Å². The molecule has 0 saturated heterocycles. The molecule has 1 heterocycles. The second-order valence-electron chi connectivity index (χ2n) is 4.95. The van der Waals surface area contributed by atoms with Crippen LogP contribution in [0.25, 0.3) is 0 Å². The average Bonchev–Trinajstić information content (AvgIpc) is 2.99. The summed E-state index contributed by atoms with van der Waals surface area (Å²) in [7, 11) is 0. The van der Waals surface area contributed by atoms with E-state index in [2.05, 4.69) is 20.8 Å². The highest BCUT2D eigenvalue weighted by molar-refractivity contribution is 5.86. The third-order valence-electron chi connectivity index (χ3n) is 3.59. The highest BCUT2D eigenvalue weighted by Crippen LogP contribution is 2.29. The number of carbonyl (C=O) groups is 2. The zero-order valence-electron chi connectivity index (χ0n) is 10.8. The molecule has 0 bridgehead atoms. The molecule has 2 amide bonds. The van der Waals surface area contributed by atoms with E-state index in [4.69, 9.17) is 0 Å². The van der Waals surface area contributed by atoms with Crippen molar-refractivity contribution >= 4 is 12.0 Å². The number of nitrogens with one attached hydrogen (secondary N) is 3. The summed E-state index contributed by atoms with van der Waals surface area (Å²) in [4.78, 5) is 23.2. The van der Waals surface area contributed by atoms with Crippen molar-refractivity contribution in [2.45, 2.75) is 44.2 Å². The Kier molecular flexibility index (Phi) is 3.73. The van der Waals surface area contributed by atoms with Gasteiger partial charge in [-0.2, -0.15) is 5.10 Å². The fourth-order valence-electron chi connectivity index (χ4n) is 2.40. The fourth-order valence-corrected chi connectivity index (χ4v) is 2.40. The Morgan fingerprint density at radius 2 is 2.16 bits per heavy atom. The van der Waals surface area contributed by atoms with E-state index in [1.807, 2.05) is 6.92 Å². The number of carboxylic acids is 1. The van der Waals surface area contributed by atoms with Crippen molar-refractivity contribution in [3.8, 4) is 0 Å². The monoisotopic (exact) mass is 266 g/mol. The van der Waals surface area contributed by atoms with E-state index in [0.717, 1.165) is 18.4 Å². The molecule has 1 aromatic rings. The van der Waals surface area contributed by atoms with Crippen LogP contribution in [-0.2, 0) is 4.79 Å². The van der Waals surface area contributed by atoms with Gasteiger partial charge < -0.3 is 15.7 Å². The van der Waals surface area contributed by atoms with E-state index in [1.165, 1.54) is 0 Å². The molecule has 1 aromatic heterocycles. The van der Waals surface area contributed by atoms with Crippen LogP contribution in [0.15, 0.2) is 12.4 Å². The molecule has 2 rings (SSSR count). The van der Waals surface area contributed by atoms with Gasteiger partial charge in [0.25, 0.3) is 0 Å². The van der Waals surface area contributed by atoms with Crippen LogP contribution < -0.4 is 10.6 Å². The molecule has 1 aliphatic carbocycles. The summed E-state index contributed by atoms with van der Waals surface area (Å²) in [6.07, 6.45) is 5.92. The van der Waals surface area contributed by atoms with E-state index >= 15 is 0 Å². The molecule has 1 unspecified atom stereocenters. The number of aromatic amines is 1. The fraction of sp³-hybridized carbons (Fsp3) is 0.583. The summed E-state index contributed by atoms with van der Waals surface area (Å²) in [5.74, 6) is -0.962. The van der Waals surface area contributed by atoms with E-state index in [1.54, 1.807) is 12.4 Å². The number of H-pyrrole nitrogens is 1. The number of hydrogen-bond acceptors (Lipinski definition) is 3. The smallest absolute Gasteiger partial charge is 0.329 e. The van der Waals surface area contributed by atoms with Gasteiger partial charge in [0, 0.05) is 11.8 Å². The van der Waals surface area contributed by atoms with Gasteiger partial charge in [-0.3, -0.25) is 5.10 Å². The molecule has 1 fully saturated rings. The number of urea groups is 1. The molecule has 7 nitrogen and oxygen atoms in total. The summed E-state index contributed by atoms with van der Waals surface area (Å²) < 4.78 is 0. The average molecular weight is 266 g/mol. The quantitative estimate of drug-likeness (QED) is 0.656. The summed E-state index contributed by atoms with van der Waals surface area (Å²) in [6.45, 7) is 1.81. The molecule has 1 aliphatic rings. The second kappa shape index (κ2) is 5.29. The van der Waals surface area contributed by atoms with Crippen molar-refractivity contribution in [1.82, 2.24) is 20.8 Å². The Morgan fingerprint density at radius 1 is 1.47 bits per heavy atom. The summed E-state index contributed by atoms with van der Waals surface area (Å²) in [5.41, 5.74) is -0.272. The van der Waals surface area contributed by atoms with Crippen molar-refractivity contribution in [1.29, 1.82) is 0 Å². The predicted octanol–water partition coefficient (Wildman–Crippen LogP) is 1.17. The van der Waals surface area contributed by atoms with Crippen LogP contribution >= 0.6 is 0 Å². The van der Waals surface area contributed by atoms with Crippen LogP contribution in [0, 0.1) is 0 Å². The van der Waals surface area contributed by atoms with Crippen LogP contribution in [0.5, 0.6) is 0 Å². The van der Waals surface area contributed by atoms with Crippen LogP contribution in [0.2, 0.25) is 0 Å². The van der Waals surface area contributed by atoms with Gasteiger partial charge in [0.2, 0.25) is 0 Å². The molecule has 0 spiro atoms. The zero-order valence-corrected chi connectivity index (χ0v) is 10.8. The second-order valence-corrected chi connectivity index (χ2v) is 4.95. The molecule has 1 saturated carbocycles. The number of nitrogens with zero attached hydrogens (tertiary/aromatic N) is 1. The maximum Gasteiger partial charge on any atom is 0.329 e. The van der Waals surface area contributed by atoms with Gasteiger partial charge >= 0.3 is 12.0 Å². The van der Waals surface area contributed by atoms with Gasteiger partial charge in [-0.25, -0.2) is 9.59 Å². The summed E-state index contributed by atoms with van der Waals surface area (Å²) >= 11 is 0. The van der Waals surface area contributed by atoms with E-state index < -0.39 is 17.5 Å². The van der Waals surface area contributed by atoms with E-state index in [9.17, 15) is 14.7 Å². The minimum absolute atomic E-state index is 0.231. The number of aliphatic carboxylic acids is 1. The Bertz CT molecular complexity index is 452.